The Morgan fingerprint density at radius 1 is 0.839 bits per heavy atom. The van der Waals surface area contributed by atoms with Gasteiger partial charge in [0.05, 0.1) is 24.7 Å². The van der Waals surface area contributed by atoms with Gasteiger partial charge >= 0.3 is 5.97 Å². The van der Waals surface area contributed by atoms with Crippen molar-refractivity contribution in [1.29, 1.82) is 0 Å². The zero-order chi connectivity index (χ0) is 41.0. The minimum absolute atomic E-state index is 0.00142. The van der Waals surface area contributed by atoms with E-state index in [4.69, 9.17) is 18.9 Å². The average Bonchev–Trinajstić information content (AvgIpc) is 3.11. The molecule has 0 aromatic rings. The van der Waals surface area contributed by atoms with Gasteiger partial charge < -0.3 is 54.9 Å². The molecule has 2 heterocycles. The first-order valence-corrected chi connectivity index (χ1v) is 21.2. The summed E-state index contributed by atoms with van der Waals surface area (Å²) in [5.41, 5.74) is 0.380. The van der Waals surface area contributed by atoms with Gasteiger partial charge in [-0.05, 0) is 109 Å². The van der Waals surface area contributed by atoms with Crippen molar-refractivity contribution in [2.75, 3.05) is 13.2 Å². The number of nitrogens with one attached hydrogen (secondary N) is 1. The molecule has 2 aliphatic heterocycles. The smallest absolute Gasteiger partial charge is 0.310 e. The second-order valence-electron chi connectivity index (χ2n) is 21.0. The molecule has 5 aliphatic carbocycles. The zero-order valence-electron chi connectivity index (χ0n) is 34.7. The van der Waals surface area contributed by atoms with Gasteiger partial charge in [-0.25, -0.2) is 0 Å². The Labute approximate surface area is 331 Å². The maximum Gasteiger partial charge on any atom is 0.310 e. The number of hydrogen-bond acceptors (Lipinski definition) is 11. The molecule has 318 valence electrons. The van der Waals surface area contributed by atoms with Crippen LogP contribution in [0.5, 0.6) is 0 Å². The molecule has 6 fully saturated rings. The first-order valence-electron chi connectivity index (χ1n) is 21.2. The molecule has 1 amide bonds. The van der Waals surface area contributed by atoms with Crippen molar-refractivity contribution >= 4 is 11.9 Å². The molecule has 7 aliphatic rings. The number of hydrogen-bond donors (Lipinski definition) is 7. The van der Waals surface area contributed by atoms with Crippen LogP contribution in [0.3, 0.4) is 0 Å². The van der Waals surface area contributed by atoms with E-state index < -0.39 is 72.5 Å². The molecule has 4 saturated carbocycles. The number of aliphatic hydroxyl groups is 5. The second kappa shape index (κ2) is 14.5. The summed E-state index contributed by atoms with van der Waals surface area (Å²) in [7, 11) is 0. The van der Waals surface area contributed by atoms with E-state index in [0.717, 1.165) is 57.8 Å². The van der Waals surface area contributed by atoms with Crippen LogP contribution in [0, 0.1) is 50.2 Å². The number of amides is 1. The molecule has 0 radical (unpaired) electrons. The summed E-state index contributed by atoms with van der Waals surface area (Å²) in [5, 5.41) is 66.2. The molecule has 0 aromatic carbocycles. The SMILES string of the molecule is CC(=O)N[C@H]1[C@H](O[C@H]2CC[C@]3(C)[C@H]4CC=C5[C@@H]6CC(C)(C)CC[C@]6(C(=O)O)CC[C@@]5(C)[C@]4(C)CC[C@H]3C2(C)C)O[C@H](CO[C@@H]2OC[C@@H](O)[C@@H](O)[C@@H]2O)[C@@H](O)[C@@H]1O. The number of rotatable bonds is 7. The fourth-order valence-electron chi connectivity index (χ4n) is 13.7. The van der Waals surface area contributed by atoms with Crippen LogP contribution in [0.25, 0.3) is 0 Å². The van der Waals surface area contributed by atoms with Gasteiger partial charge in [-0.3, -0.25) is 9.59 Å². The lowest BCUT2D eigenvalue weighted by Crippen LogP contribution is -2.67. The molecule has 7 rings (SSSR count). The minimum atomic E-state index is -1.54. The van der Waals surface area contributed by atoms with Crippen LogP contribution in [-0.2, 0) is 28.5 Å². The summed E-state index contributed by atoms with van der Waals surface area (Å²) in [6.45, 7) is 17.3. The highest BCUT2D eigenvalue weighted by atomic mass is 16.7. The fourth-order valence-corrected chi connectivity index (χ4v) is 13.7. The van der Waals surface area contributed by atoms with Crippen molar-refractivity contribution in [2.24, 2.45) is 50.2 Å². The average molecular weight is 792 g/mol. The number of carboxylic acid groups (broad SMARTS) is 1. The zero-order valence-corrected chi connectivity index (χ0v) is 34.7. The first kappa shape index (κ1) is 42.4. The summed E-state index contributed by atoms with van der Waals surface area (Å²) in [6, 6.07) is -1.07. The minimum Gasteiger partial charge on any atom is -0.481 e. The van der Waals surface area contributed by atoms with Crippen molar-refractivity contribution in [2.45, 2.75) is 181 Å². The summed E-state index contributed by atoms with van der Waals surface area (Å²) in [4.78, 5) is 25.4. The monoisotopic (exact) mass is 791 g/mol. The van der Waals surface area contributed by atoms with Gasteiger partial charge in [-0.1, -0.05) is 60.1 Å². The number of carbonyl (C=O) groups excluding carboxylic acids is 1. The second-order valence-corrected chi connectivity index (χ2v) is 21.0. The summed E-state index contributed by atoms with van der Waals surface area (Å²) < 4.78 is 24.2. The molecule has 56 heavy (non-hydrogen) atoms. The molecule has 2 saturated heterocycles. The summed E-state index contributed by atoms with van der Waals surface area (Å²) in [5.74, 6) is -0.304. The van der Waals surface area contributed by atoms with E-state index in [2.05, 4.69) is 59.9 Å². The highest BCUT2D eigenvalue weighted by Crippen LogP contribution is 2.76. The number of aliphatic carboxylic acids is 1. The Morgan fingerprint density at radius 2 is 1.54 bits per heavy atom. The molecular formula is C43H69NO12. The van der Waals surface area contributed by atoms with Crippen LogP contribution < -0.4 is 5.32 Å². The molecule has 13 nitrogen and oxygen atoms in total. The van der Waals surface area contributed by atoms with Gasteiger partial charge in [0.1, 0.15) is 42.7 Å². The van der Waals surface area contributed by atoms with E-state index in [1.807, 2.05) is 0 Å². The lowest BCUT2D eigenvalue weighted by atomic mass is 9.33. The fraction of sp³-hybridized carbons (Fsp3) is 0.907. The molecule has 17 atom stereocenters. The summed E-state index contributed by atoms with van der Waals surface area (Å²) in [6.07, 6.45) is 0.178. The third-order valence-electron chi connectivity index (χ3n) is 17.3. The van der Waals surface area contributed by atoms with Crippen LogP contribution in [0.15, 0.2) is 11.6 Å². The largest absolute Gasteiger partial charge is 0.481 e. The normalized spacial score (nSPS) is 50.9. The van der Waals surface area contributed by atoms with E-state index in [1.165, 1.54) is 12.5 Å². The molecule has 0 bridgehead atoms. The van der Waals surface area contributed by atoms with Gasteiger partial charge in [0.25, 0.3) is 0 Å². The van der Waals surface area contributed by atoms with Gasteiger partial charge in [-0.2, -0.15) is 0 Å². The maximum atomic E-state index is 13.1. The summed E-state index contributed by atoms with van der Waals surface area (Å²) >= 11 is 0. The predicted molar refractivity (Wildman–Crippen MR) is 204 cm³/mol. The van der Waals surface area contributed by atoms with Crippen molar-refractivity contribution in [3.63, 3.8) is 0 Å². The maximum absolute atomic E-state index is 13.1. The lowest BCUT2D eigenvalue weighted by molar-refractivity contribution is -0.322. The Bertz CT molecular complexity index is 1550. The van der Waals surface area contributed by atoms with Gasteiger partial charge in [0, 0.05) is 6.92 Å². The number of aliphatic hydroxyl groups excluding tert-OH is 5. The topological polar surface area (TPSA) is 204 Å². The van der Waals surface area contributed by atoms with E-state index in [1.54, 1.807) is 0 Å². The van der Waals surface area contributed by atoms with Gasteiger partial charge in [0.15, 0.2) is 12.6 Å². The number of ether oxygens (including phenoxy) is 4. The molecule has 7 N–H and O–H groups in total. The van der Waals surface area contributed by atoms with Crippen LogP contribution in [0.4, 0.5) is 0 Å². The molecule has 0 spiro atoms. The first-order chi connectivity index (χ1) is 26.0. The molecular weight excluding hydrogens is 722 g/mol. The van der Waals surface area contributed by atoms with Crippen molar-refractivity contribution < 1.29 is 59.2 Å². The molecule has 0 unspecified atom stereocenters. The Hall–Kier alpha value is -1.68. The Kier molecular flexibility index (Phi) is 11.0. The number of allylic oxidation sites excluding steroid dienone is 2. The highest BCUT2D eigenvalue weighted by molar-refractivity contribution is 5.76. The Morgan fingerprint density at radius 3 is 2.21 bits per heavy atom. The van der Waals surface area contributed by atoms with Gasteiger partial charge in [-0.15, -0.1) is 0 Å². The standard InChI is InChI=1S/C43H69NO12/c1-22(45)44-30-33(49)32(48)26(21-54-36-34(50)31(47)25(46)20-53-36)55-35(30)56-29-12-13-40(6)27(39(29,4)5)11-14-42(8)28(40)10-9-23-24-19-38(2,3)15-17-43(24,37(51)52)18-16-41(23,42)7/h9,24-36,46-50H,10-21H2,1-8H3,(H,44,45)(H,51,52)/t24-,25+,26+,27-,28+,29-,30+,31+,32+,33+,34-,35-,36-,40-,41+,42+,43-/m0/s1. The van der Waals surface area contributed by atoms with Crippen molar-refractivity contribution in [1.82, 2.24) is 5.32 Å². The van der Waals surface area contributed by atoms with E-state index in [-0.39, 0.29) is 58.2 Å². The van der Waals surface area contributed by atoms with Crippen LogP contribution >= 0.6 is 0 Å². The lowest BCUT2D eigenvalue weighted by Gasteiger charge is -2.71. The third-order valence-corrected chi connectivity index (χ3v) is 17.3. The predicted octanol–water partition coefficient (Wildman–Crippen LogP) is 3.66. The third kappa shape index (κ3) is 6.53. The van der Waals surface area contributed by atoms with Gasteiger partial charge in [0.2, 0.25) is 5.91 Å². The molecule has 13 heteroatoms. The number of fused-ring (bicyclic) bond motifs is 7. The Balaban J connectivity index is 1.11. The van der Waals surface area contributed by atoms with Crippen molar-refractivity contribution in [3.8, 4) is 0 Å². The number of carbonyl (C=O) groups is 2. The van der Waals surface area contributed by atoms with Crippen LogP contribution in [0.2, 0.25) is 0 Å². The highest BCUT2D eigenvalue weighted by Gasteiger charge is 2.69. The number of carboxylic acids is 1. The quantitative estimate of drug-likeness (QED) is 0.146. The van der Waals surface area contributed by atoms with Crippen LogP contribution in [0.1, 0.15) is 120 Å². The molecule has 0 aromatic heterocycles. The van der Waals surface area contributed by atoms with E-state index in [0.29, 0.717) is 12.3 Å². The van der Waals surface area contributed by atoms with E-state index >= 15 is 0 Å². The van der Waals surface area contributed by atoms with E-state index in [9.17, 15) is 40.2 Å². The van der Waals surface area contributed by atoms with Crippen molar-refractivity contribution in [3.05, 3.63) is 11.6 Å². The van der Waals surface area contributed by atoms with Crippen LogP contribution in [-0.4, -0.2) is 117 Å².